The van der Waals surface area contributed by atoms with E-state index in [9.17, 15) is 18.0 Å². The zero-order valence-electron chi connectivity index (χ0n) is 13.2. The van der Waals surface area contributed by atoms with Crippen LogP contribution in [0.25, 0.3) is 11.4 Å². The first-order chi connectivity index (χ1) is 11.8. The molecule has 0 aliphatic carbocycles. The molecule has 0 atom stereocenters. The maximum absolute atomic E-state index is 12.5. The molecular formula is C17H14F3N3O2. The molecule has 2 heterocycles. The van der Waals surface area contributed by atoms with Gasteiger partial charge in [-0.1, -0.05) is 29.4 Å². The van der Waals surface area contributed by atoms with Gasteiger partial charge in [-0.3, -0.25) is 4.79 Å². The van der Waals surface area contributed by atoms with Gasteiger partial charge in [-0.05, 0) is 30.5 Å². The van der Waals surface area contributed by atoms with Crippen molar-refractivity contribution in [1.29, 1.82) is 0 Å². The number of rotatable bonds is 4. The van der Waals surface area contributed by atoms with Crippen LogP contribution in [-0.2, 0) is 19.1 Å². The Morgan fingerprint density at radius 3 is 2.60 bits per heavy atom. The molecule has 0 fully saturated rings. The van der Waals surface area contributed by atoms with Gasteiger partial charge in [0.1, 0.15) is 0 Å². The standard InChI is InChI=1S/C17H14F3N3O2/c1-11-4-2-3-5-12(11)6-8-23-9-7-13(10-14(23)24)15-21-16(25-22-15)17(18,19)20/h2-5,7,9-10H,6,8H2,1H3. The fourth-order valence-electron chi connectivity index (χ4n) is 2.42. The number of hydrogen-bond donors (Lipinski definition) is 0. The van der Waals surface area contributed by atoms with E-state index in [1.54, 1.807) is 0 Å². The predicted octanol–water partition coefficient (Wildman–Crippen LogP) is 3.47. The Balaban J connectivity index is 1.78. The summed E-state index contributed by atoms with van der Waals surface area (Å²) in [6, 6.07) is 10.6. The minimum atomic E-state index is -4.71. The highest BCUT2D eigenvalue weighted by atomic mass is 19.4. The Labute approximate surface area is 140 Å². The van der Waals surface area contributed by atoms with Crippen LogP contribution in [0.2, 0.25) is 0 Å². The molecule has 25 heavy (non-hydrogen) atoms. The number of alkyl halides is 3. The van der Waals surface area contributed by atoms with Gasteiger partial charge in [0.2, 0.25) is 5.82 Å². The molecule has 0 aliphatic rings. The molecule has 0 N–H and O–H groups in total. The molecule has 1 aromatic carbocycles. The summed E-state index contributed by atoms with van der Waals surface area (Å²) in [5.74, 6) is -1.71. The molecule has 0 radical (unpaired) electrons. The molecule has 0 unspecified atom stereocenters. The summed E-state index contributed by atoms with van der Waals surface area (Å²) in [4.78, 5) is 15.5. The Bertz CT molecular complexity index is 945. The molecule has 5 nitrogen and oxygen atoms in total. The van der Waals surface area contributed by atoms with E-state index >= 15 is 0 Å². The summed E-state index contributed by atoms with van der Waals surface area (Å²) in [5.41, 5.74) is 2.10. The van der Waals surface area contributed by atoms with Crippen LogP contribution in [0.5, 0.6) is 0 Å². The fourth-order valence-corrected chi connectivity index (χ4v) is 2.42. The Morgan fingerprint density at radius 1 is 1.20 bits per heavy atom. The smallest absolute Gasteiger partial charge is 0.329 e. The van der Waals surface area contributed by atoms with Gasteiger partial charge in [-0.25, -0.2) is 0 Å². The zero-order valence-corrected chi connectivity index (χ0v) is 13.2. The van der Waals surface area contributed by atoms with Gasteiger partial charge >= 0.3 is 12.1 Å². The van der Waals surface area contributed by atoms with E-state index in [-0.39, 0.29) is 16.9 Å². The summed E-state index contributed by atoms with van der Waals surface area (Å²) >= 11 is 0. The summed E-state index contributed by atoms with van der Waals surface area (Å²) in [7, 11) is 0. The zero-order chi connectivity index (χ0) is 18.0. The molecule has 0 saturated heterocycles. The number of hydrogen-bond acceptors (Lipinski definition) is 4. The van der Waals surface area contributed by atoms with Crippen molar-refractivity contribution in [3.8, 4) is 11.4 Å². The highest BCUT2D eigenvalue weighted by Crippen LogP contribution is 2.29. The molecule has 3 aromatic rings. The SMILES string of the molecule is Cc1ccccc1CCn1ccc(-c2noc(C(F)(F)F)n2)cc1=O. The van der Waals surface area contributed by atoms with Crippen LogP contribution in [0.15, 0.2) is 51.9 Å². The topological polar surface area (TPSA) is 60.9 Å². The number of nitrogens with zero attached hydrogens (tertiary/aromatic N) is 3. The minimum Gasteiger partial charge on any atom is -0.329 e. The molecule has 0 saturated carbocycles. The second-order valence-corrected chi connectivity index (χ2v) is 5.54. The maximum Gasteiger partial charge on any atom is 0.471 e. The monoisotopic (exact) mass is 349 g/mol. The number of halogens is 3. The normalized spacial score (nSPS) is 11.7. The van der Waals surface area contributed by atoms with E-state index in [4.69, 9.17) is 0 Å². The number of benzene rings is 1. The summed E-state index contributed by atoms with van der Waals surface area (Å²) in [5, 5.41) is 3.27. The lowest BCUT2D eigenvalue weighted by atomic mass is 10.1. The summed E-state index contributed by atoms with van der Waals surface area (Å²) in [6.45, 7) is 2.46. The molecule has 130 valence electrons. The van der Waals surface area contributed by atoms with E-state index in [1.807, 2.05) is 31.2 Å². The van der Waals surface area contributed by atoms with Crippen molar-refractivity contribution in [3.05, 3.63) is 70.0 Å². The van der Waals surface area contributed by atoms with Crippen molar-refractivity contribution in [3.63, 3.8) is 0 Å². The molecule has 8 heteroatoms. The van der Waals surface area contributed by atoms with Crippen molar-refractivity contribution in [1.82, 2.24) is 14.7 Å². The average Bonchev–Trinajstić information content (AvgIpc) is 3.05. The van der Waals surface area contributed by atoms with Gasteiger partial charge in [-0.15, -0.1) is 0 Å². The lowest BCUT2D eigenvalue weighted by Crippen LogP contribution is -2.20. The van der Waals surface area contributed by atoms with Gasteiger partial charge in [0.05, 0.1) is 0 Å². The lowest BCUT2D eigenvalue weighted by Gasteiger charge is -2.08. The van der Waals surface area contributed by atoms with Crippen molar-refractivity contribution in [2.24, 2.45) is 0 Å². The van der Waals surface area contributed by atoms with E-state index < -0.39 is 12.1 Å². The number of aromatic nitrogens is 3. The molecular weight excluding hydrogens is 335 g/mol. The van der Waals surface area contributed by atoms with Crippen molar-refractivity contribution in [2.45, 2.75) is 26.1 Å². The Kier molecular flexibility index (Phi) is 4.43. The first-order valence-corrected chi connectivity index (χ1v) is 7.51. The summed E-state index contributed by atoms with van der Waals surface area (Å²) < 4.78 is 43.1. The summed E-state index contributed by atoms with van der Waals surface area (Å²) in [6.07, 6.45) is -2.53. The highest BCUT2D eigenvalue weighted by molar-refractivity contribution is 5.52. The van der Waals surface area contributed by atoms with Gasteiger partial charge in [0, 0.05) is 24.4 Å². The lowest BCUT2D eigenvalue weighted by molar-refractivity contribution is -0.159. The van der Waals surface area contributed by atoms with Crippen LogP contribution in [0.1, 0.15) is 17.0 Å². The third-order valence-electron chi connectivity index (χ3n) is 3.81. The van der Waals surface area contributed by atoms with Crippen LogP contribution in [-0.4, -0.2) is 14.7 Å². The van der Waals surface area contributed by atoms with Gasteiger partial charge in [0.25, 0.3) is 5.56 Å². The van der Waals surface area contributed by atoms with Crippen LogP contribution < -0.4 is 5.56 Å². The third-order valence-corrected chi connectivity index (χ3v) is 3.81. The molecule has 3 rings (SSSR count). The van der Waals surface area contributed by atoms with Crippen LogP contribution in [0.3, 0.4) is 0 Å². The van der Waals surface area contributed by atoms with Crippen LogP contribution in [0.4, 0.5) is 13.2 Å². The van der Waals surface area contributed by atoms with Crippen LogP contribution >= 0.6 is 0 Å². The molecule has 2 aromatic heterocycles. The van der Waals surface area contributed by atoms with Crippen LogP contribution in [0, 0.1) is 6.92 Å². The minimum absolute atomic E-state index is 0.177. The average molecular weight is 349 g/mol. The maximum atomic E-state index is 12.5. The molecule has 0 amide bonds. The van der Waals surface area contributed by atoms with Crippen molar-refractivity contribution >= 4 is 0 Å². The fraction of sp³-hybridized carbons (Fsp3) is 0.235. The Hall–Kier alpha value is -2.90. The predicted molar refractivity (Wildman–Crippen MR) is 83.9 cm³/mol. The second-order valence-electron chi connectivity index (χ2n) is 5.54. The first-order valence-electron chi connectivity index (χ1n) is 7.51. The number of pyridine rings is 1. The largest absolute Gasteiger partial charge is 0.471 e. The molecule has 0 aliphatic heterocycles. The van der Waals surface area contributed by atoms with E-state index in [2.05, 4.69) is 14.7 Å². The first kappa shape index (κ1) is 16.9. The Morgan fingerprint density at radius 2 is 1.96 bits per heavy atom. The van der Waals surface area contributed by atoms with Crippen molar-refractivity contribution < 1.29 is 17.7 Å². The van der Waals surface area contributed by atoms with Gasteiger partial charge in [0.15, 0.2) is 0 Å². The molecule has 0 bridgehead atoms. The van der Waals surface area contributed by atoms with E-state index in [0.717, 1.165) is 11.1 Å². The quantitative estimate of drug-likeness (QED) is 0.724. The third kappa shape index (κ3) is 3.78. The van der Waals surface area contributed by atoms with Crippen molar-refractivity contribution in [2.75, 3.05) is 0 Å². The van der Waals surface area contributed by atoms with Gasteiger partial charge in [-0.2, -0.15) is 18.2 Å². The van der Waals surface area contributed by atoms with E-state index in [0.29, 0.717) is 13.0 Å². The number of aryl methyl sites for hydroxylation is 3. The molecule has 0 spiro atoms. The highest BCUT2D eigenvalue weighted by Gasteiger charge is 2.38. The van der Waals surface area contributed by atoms with E-state index in [1.165, 1.54) is 22.9 Å². The van der Waals surface area contributed by atoms with Gasteiger partial charge < -0.3 is 9.09 Å². The second kappa shape index (κ2) is 6.54.